The van der Waals surface area contributed by atoms with E-state index in [4.69, 9.17) is 0 Å². The van der Waals surface area contributed by atoms with Crippen LogP contribution in [0.2, 0.25) is 0 Å². The first-order valence-corrected chi connectivity index (χ1v) is 15.6. The van der Waals surface area contributed by atoms with Gasteiger partial charge in [-0.05, 0) is 56.2 Å². The summed E-state index contributed by atoms with van der Waals surface area (Å²) in [6.07, 6.45) is 3.88. The second-order valence-electron chi connectivity index (χ2n) is 9.64. The molecule has 1 saturated heterocycles. The van der Waals surface area contributed by atoms with Gasteiger partial charge in [0.25, 0.3) is 5.91 Å². The molecule has 1 aliphatic heterocycles. The fourth-order valence-corrected chi connectivity index (χ4v) is 7.57. The molecule has 206 valence electrons. The van der Waals surface area contributed by atoms with E-state index >= 15 is 0 Å². The van der Waals surface area contributed by atoms with Gasteiger partial charge in [-0.2, -0.15) is 0 Å². The highest BCUT2D eigenvalue weighted by Crippen LogP contribution is 2.29. The summed E-state index contributed by atoms with van der Waals surface area (Å²) in [6.45, 7) is 5.82. The Kier molecular flexibility index (Phi) is 13.1. The van der Waals surface area contributed by atoms with Crippen LogP contribution in [0.15, 0.2) is 24.3 Å². The van der Waals surface area contributed by atoms with Gasteiger partial charge in [0.15, 0.2) is 0 Å². The first-order chi connectivity index (χ1) is 17.6. The zero-order valence-electron chi connectivity index (χ0n) is 21.8. The number of Topliss-reactive ketones (excluding diaryl/α,β-unsaturated/α-hetero) is 1. The van der Waals surface area contributed by atoms with Crippen molar-refractivity contribution in [1.29, 1.82) is 0 Å². The van der Waals surface area contributed by atoms with Crippen molar-refractivity contribution < 1.29 is 28.5 Å². The zero-order valence-corrected chi connectivity index (χ0v) is 23.4. The first-order valence-electron chi connectivity index (χ1n) is 12.8. The van der Waals surface area contributed by atoms with E-state index < -0.39 is 39.5 Å². The Bertz CT molecular complexity index is 954. The van der Waals surface area contributed by atoms with Gasteiger partial charge in [-0.15, -0.1) is 0 Å². The van der Waals surface area contributed by atoms with Crippen LogP contribution in [0.5, 0.6) is 5.75 Å². The molecule has 4 atom stereocenters. The van der Waals surface area contributed by atoms with Crippen molar-refractivity contribution in [3.8, 4) is 5.75 Å². The summed E-state index contributed by atoms with van der Waals surface area (Å²) >= 11 is 0. The average Bonchev–Trinajstić information content (AvgIpc) is 3.26. The number of likely N-dealkylation sites (N-methyl/N-ethyl adjacent to an activating group) is 1. The minimum Gasteiger partial charge on any atom is -0.508 e. The van der Waals surface area contributed by atoms with Gasteiger partial charge >= 0.3 is 0 Å². The van der Waals surface area contributed by atoms with Crippen LogP contribution < -0.4 is 16.0 Å². The molecule has 0 bridgehead atoms. The van der Waals surface area contributed by atoms with Crippen molar-refractivity contribution in [2.24, 2.45) is 5.92 Å². The lowest BCUT2D eigenvalue weighted by atomic mass is 9.99. The topological polar surface area (TPSA) is 142 Å². The van der Waals surface area contributed by atoms with Gasteiger partial charge in [-0.25, -0.2) is 4.21 Å². The number of phenolic OH excluding ortho intramolecular Hbond substituents is 1. The zero-order chi connectivity index (χ0) is 27.4. The largest absolute Gasteiger partial charge is 0.508 e. The third-order valence-corrected chi connectivity index (χ3v) is 9.68. The fraction of sp³-hybridized carbons (Fsp3) is 0.615. The van der Waals surface area contributed by atoms with Gasteiger partial charge in [0, 0.05) is 30.4 Å². The molecular formula is C26H39N3O6S2. The number of aromatic hydroxyl groups is 1. The monoisotopic (exact) mass is 553 g/mol. The second-order valence-corrected chi connectivity index (χ2v) is 13.2. The van der Waals surface area contributed by atoms with Crippen molar-refractivity contribution in [2.45, 2.75) is 83.1 Å². The Morgan fingerprint density at radius 2 is 1.78 bits per heavy atom. The molecule has 37 heavy (non-hydrogen) atoms. The summed E-state index contributed by atoms with van der Waals surface area (Å²) in [7, 11) is 0.654. The number of amides is 3. The summed E-state index contributed by atoms with van der Waals surface area (Å²) in [5.41, 5.74) is 0.659. The quantitative estimate of drug-likeness (QED) is 0.148. The second kappa shape index (κ2) is 15.8. The number of nitrogens with one attached hydrogen (secondary N) is 3. The third-order valence-electron chi connectivity index (χ3n) is 6.02. The molecule has 2 rings (SSSR count). The third kappa shape index (κ3) is 10.9. The maximum atomic E-state index is 13.2. The molecule has 1 heterocycles. The highest BCUT2D eigenvalue weighted by molar-refractivity contribution is 8.69. The summed E-state index contributed by atoms with van der Waals surface area (Å²) in [6, 6.07) is 4.20. The van der Waals surface area contributed by atoms with Crippen LogP contribution in [0.25, 0.3) is 0 Å². The van der Waals surface area contributed by atoms with Crippen molar-refractivity contribution in [2.75, 3.05) is 12.3 Å². The normalized spacial score (nSPS) is 18.7. The minimum atomic E-state index is -1.12. The van der Waals surface area contributed by atoms with Crippen LogP contribution in [-0.4, -0.2) is 62.5 Å². The average molecular weight is 554 g/mol. The molecule has 2 unspecified atom stereocenters. The fourth-order valence-electron chi connectivity index (χ4n) is 4.08. The van der Waals surface area contributed by atoms with Crippen LogP contribution in [0.1, 0.15) is 64.9 Å². The van der Waals surface area contributed by atoms with Crippen LogP contribution in [0.4, 0.5) is 0 Å². The van der Waals surface area contributed by atoms with Gasteiger partial charge in [0.05, 0.1) is 9.83 Å². The number of hydrogen-bond acceptors (Lipinski definition) is 7. The molecule has 0 saturated carbocycles. The highest BCUT2D eigenvalue weighted by atomic mass is 33.1. The number of carbonyl (C=O) groups excluding carboxylic acids is 4. The van der Waals surface area contributed by atoms with Gasteiger partial charge in [-0.1, -0.05) is 43.2 Å². The lowest BCUT2D eigenvalue weighted by Crippen LogP contribution is -2.54. The minimum absolute atomic E-state index is 0.0607. The molecule has 0 spiro atoms. The number of unbranched alkanes of at least 4 members (excludes halogenated alkanes) is 1. The number of benzene rings is 1. The molecule has 1 fully saturated rings. The molecule has 1 aliphatic rings. The maximum Gasteiger partial charge on any atom is 0.289 e. The van der Waals surface area contributed by atoms with Crippen molar-refractivity contribution in [3.05, 3.63) is 29.8 Å². The Morgan fingerprint density at radius 3 is 2.38 bits per heavy atom. The van der Waals surface area contributed by atoms with Crippen molar-refractivity contribution >= 4 is 44.1 Å². The number of carbonyl (C=O) groups is 4. The molecule has 0 aromatic heterocycles. The number of ketones is 1. The Balaban J connectivity index is 2.01. The summed E-state index contributed by atoms with van der Waals surface area (Å²) in [4.78, 5) is 50.9. The molecule has 9 nitrogen and oxygen atoms in total. The molecule has 1 aromatic rings. The van der Waals surface area contributed by atoms with Gasteiger partial charge < -0.3 is 21.1 Å². The molecule has 4 N–H and O–H groups in total. The summed E-state index contributed by atoms with van der Waals surface area (Å²) in [5.74, 6) is -1.28. The molecule has 3 amide bonds. The van der Waals surface area contributed by atoms with E-state index in [0.29, 0.717) is 18.4 Å². The predicted octanol–water partition coefficient (Wildman–Crippen LogP) is 2.39. The maximum absolute atomic E-state index is 13.2. The number of rotatable bonds is 15. The highest BCUT2D eigenvalue weighted by Gasteiger charge is 2.30. The lowest BCUT2D eigenvalue weighted by Gasteiger charge is -2.24. The Labute approximate surface area is 225 Å². The van der Waals surface area contributed by atoms with E-state index in [1.165, 1.54) is 22.9 Å². The Morgan fingerprint density at radius 1 is 1.08 bits per heavy atom. The number of hydrogen-bond donors (Lipinski definition) is 4. The van der Waals surface area contributed by atoms with Crippen molar-refractivity contribution in [1.82, 2.24) is 16.0 Å². The molecule has 0 aliphatic carbocycles. The molecule has 11 heteroatoms. The lowest BCUT2D eigenvalue weighted by molar-refractivity contribution is -0.140. The van der Waals surface area contributed by atoms with E-state index in [2.05, 4.69) is 16.0 Å². The Hall–Kier alpha value is -2.40. The van der Waals surface area contributed by atoms with Gasteiger partial charge in [-0.3, -0.25) is 19.2 Å². The molecule has 1 aromatic carbocycles. The molecular weight excluding hydrogens is 514 g/mol. The van der Waals surface area contributed by atoms with Crippen LogP contribution in [0, 0.1) is 5.92 Å². The first kappa shape index (κ1) is 30.8. The van der Waals surface area contributed by atoms with E-state index in [1.807, 2.05) is 13.8 Å². The smallest absolute Gasteiger partial charge is 0.289 e. The van der Waals surface area contributed by atoms with Crippen molar-refractivity contribution in [3.63, 3.8) is 0 Å². The molecule has 0 radical (unpaired) electrons. The van der Waals surface area contributed by atoms with Crippen LogP contribution in [-0.2, 0) is 35.4 Å². The van der Waals surface area contributed by atoms with E-state index in [0.717, 1.165) is 25.0 Å². The summed E-state index contributed by atoms with van der Waals surface area (Å²) < 4.78 is 11.9. The van der Waals surface area contributed by atoms with Crippen LogP contribution >= 0.6 is 10.8 Å². The van der Waals surface area contributed by atoms with E-state index in [9.17, 15) is 28.5 Å². The number of phenols is 1. The van der Waals surface area contributed by atoms with Crippen LogP contribution in [0.3, 0.4) is 0 Å². The predicted molar refractivity (Wildman–Crippen MR) is 146 cm³/mol. The van der Waals surface area contributed by atoms with Gasteiger partial charge in [0.2, 0.25) is 17.6 Å². The van der Waals surface area contributed by atoms with E-state index in [1.54, 1.807) is 19.1 Å². The van der Waals surface area contributed by atoms with Gasteiger partial charge in [0.1, 0.15) is 17.8 Å². The van der Waals surface area contributed by atoms with E-state index in [-0.39, 0.29) is 42.2 Å². The SMILES string of the molecule is CCNC(=O)C(=O)[C@H](Cc1ccc(O)cc1)NC(=O)[C@H](CC(C)C)NC(=O)CCCCC1CCSS1=O. The standard InChI is InChI=1S/C26H39N3O6S2/c1-4-27-26(34)24(32)21(16-18-9-11-19(30)12-10-18)29-25(33)22(15-17(2)3)28-23(31)8-6-5-7-20-13-14-36-37(20)35/h9-12,17,20-22,30H,4-8,13-16H2,1-3H3,(H,27,34)(H,28,31)(H,29,33)/t20?,21-,22-,37?/m0/s1. The summed E-state index contributed by atoms with van der Waals surface area (Å²) in [5, 5.41) is 17.7.